The largest absolute Gasteiger partial charge is 0.208 e. The second-order valence-corrected chi connectivity index (χ2v) is 15.6. The van der Waals surface area contributed by atoms with Gasteiger partial charge >= 0.3 is 0 Å². The smallest absolute Gasteiger partial charge is 0.164 e. The van der Waals surface area contributed by atoms with Crippen molar-refractivity contribution in [3.8, 4) is 67.5 Å². The molecule has 0 aliphatic heterocycles. The number of hydrogen-bond acceptors (Lipinski definition) is 4. The van der Waals surface area contributed by atoms with Crippen LogP contribution in [0.3, 0.4) is 0 Å². The van der Waals surface area contributed by atoms with Gasteiger partial charge in [-0.25, -0.2) is 15.0 Å². The van der Waals surface area contributed by atoms with Crippen molar-refractivity contribution < 1.29 is 0 Å². The molecule has 9 aromatic carbocycles. The fourth-order valence-corrected chi connectivity index (χ4v) is 9.05. The van der Waals surface area contributed by atoms with E-state index in [4.69, 9.17) is 15.0 Å². The molecule has 2 heterocycles. The molecular weight excluding hydrogens is 711 g/mol. The SMILES string of the molecule is c1ccc(-c2ccc3cc(-c4cccc(-c5nc(-c6cccc(-c7ccc8ccccc8c7)c6)nc(-c6ccc7c(c6)sc6ccccc67)n5)c4)ccc3c2)cc1. The van der Waals surface area contributed by atoms with E-state index in [0.717, 1.165) is 38.9 Å². The van der Waals surface area contributed by atoms with E-state index in [9.17, 15) is 0 Å². The molecule has 4 heteroatoms. The molecule has 11 rings (SSSR count). The minimum Gasteiger partial charge on any atom is -0.208 e. The van der Waals surface area contributed by atoms with Crippen LogP contribution in [0.4, 0.5) is 0 Å². The van der Waals surface area contributed by atoms with E-state index in [1.165, 1.54) is 52.8 Å². The van der Waals surface area contributed by atoms with E-state index in [2.05, 4.69) is 200 Å². The minimum absolute atomic E-state index is 0.637. The van der Waals surface area contributed by atoms with Crippen molar-refractivity contribution in [1.29, 1.82) is 0 Å². The van der Waals surface area contributed by atoms with Gasteiger partial charge in [0.05, 0.1) is 0 Å². The lowest BCUT2D eigenvalue weighted by Gasteiger charge is -2.11. The highest BCUT2D eigenvalue weighted by Gasteiger charge is 2.16. The van der Waals surface area contributed by atoms with Crippen LogP contribution in [0.2, 0.25) is 0 Å². The van der Waals surface area contributed by atoms with Crippen LogP contribution in [0.5, 0.6) is 0 Å². The lowest BCUT2D eigenvalue weighted by Crippen LogP contribution is -2.00. The van der Waals surface area contributed by atoms with Crippen molar-refractivity contribution in [1.82, 2.24) is 15.0 Å². The van der Waals surface area contributed by atoms with Crippen LogP contribution in [0.1, 0.15) is 0 Å². The van der Waals surface area contributed by atoms with Crippen LogP contribution in [0.25, 0.3) is 109 Å². The molecule has 3 nitrogen and oxygen atoms in total. The maximum absolute atomic E-state index is 5.18. The van der Waals surface area contributed by atoms with Crippen molar-refractivity contribution in [2.45, 2.75) is 0 Å². The lowest BCUT2D eigenvalue weighted by atomic mass is 9.97. The van der Waals surface area contributed by atoms with Crippen LogP contribution in [0, 0.1) is 0 Å². The van der Waals surface area contributed by atoms with E-state index in [-0.39, 0.29) is 0 Å². The molecule has 0 saturated carbocycles. The van der Waals surface area contributed by atoms with E-state index in [0.29, 0.717) is 17.5 Å². The van der Waals surface area contributed by atoms with Gasteiger partial charge < -0.3 is 0 Å². The van der Waals surface area contributed by atoms with Crippen LogP contribution in [0.15, 0.2) is 200 Å². The lowest BCUT2D eigenvalue weighted by molar-refractivity contribution is 1.07. The number of rotatable bonds is 6. The predicted molar refractivity (Wildman–Crippen MR) is 240 cm³/mol. The third-order valence-electron chi connectivity index (χ3n) is 10.9. The number of hydrogen-bond donors (Lipinski definition) is 0. The summed E-state index contributed by atoms with van der Waals surface area (Å²) < 4.78 is 2.49. The first-order chi connectivity index (χ1) is 28.2. The Morgan fingerprint density at radius 1 is 0.246 bits per heavy atom. The van der Waals surface area contributed by atoms with Gasteiger partial charge in [-0.2, -0.15) is 0 Å². The van der Waals surface area contributed by atoms with Gasteiger partial charge in [0.15, 0.2) is 17.5 Å². The molecule has 2 aromatic heterocycles. The third-order valence-corrected chi connectivity index (χ3v) is 12.0. The molecular formula is C53H33N3S. The van der Waals surface area contributed by atoms with Gasteiger partial charge in [0.25, 0.3) is 0 Å². The van der Waals surface area contributed by atoms with Crippen LogP contribution >= 0.6 is 11.3 Å². The zero-order valence-corrected chi connectivity index (χ0v) is 31.6. The summed E-state index contributed by atoms with van der Waals surface area (Å²) in [6, 6.07) is 71.3. The number of benzene rings is 9. The molecule has 0 atom stereocenters. The topological polar surface area (TPSA) is 38.7 Å². The molecule has 0 spiro atoms. The molecule has 266 valence electrons. The Morgan fingerprint density at radius 3 is 1.32 bits per heavy atom. The summed E-state index contributed by atoms with van der Waals surface area (Å²) in [5, 5.41) is 7.37. The molecule has 0 bridgehead atoms. The maximum Gasteiger partial charge on any atom is 0.164 e. The highest BCUT2D eigenvalue weighted by Crippen LogP contribution is 2.37. The summed E-state index contributed by atoms with van der Waals surface area (Å²) in [4.78, 5) is 15.5. The molecule has 0 aliphatic carbocycles. The predicted octanol–water partition coefficient (Wildman–Crippen LogP) is 14.5. The molecule has 0 aliphatic rings. The molecule has 0 amide bonds. The van der Waals surface area contributed by atoms with Crippen molar-refractivity contribution in [2.24, 2.45) is 0 Å². The van der Waals surface area contributed by atoms with Gasteiger partial charge in [0.1, 0.15) is 0 Å². The molecule has 0 N–H and O–H groups in total. The van der Waals surface area contributed by atoms with Crippen molar-refractivity contribution in [3.63, 3.8) is 0 Å². The van der Waals surface area contributed by atoms with Gasteiger partial charge in [0, 0.05) is 36.9 Å². The first-order valence-corrected chi connectivity index (χ1v) is 20.0. The Bertz CT molecular complexity index is 3310. The van der Waals surface area contributed by atoms with Gasteiger partial charge in [-0.05, 0) is 97.4 Å². The second kappa shape index (κ2) is 13.8. The average molecular weight is 744 g/mol. The number of nitrogens with zero attached hydrogens (tertiary/aromatic N) is 3. The molecule has 0 radical (unpaired) electrons. The molecule has 11 aromatic rings. The second-order valence-electron chi connectivity index (χ2n) is 14.5. The van der Waals surface area contributed by atoms with Crippen LogP contribution < -0.4 is 0 Å². The fourth-order valence-electron chi connectivity index (χ4n) is 7.91. The van der Waals surface area contributed by atoms with Gasteiger partial charge in [0.2, 0.25) is 0 Å². The molecule has 0 unspecified atom stereocenters. The number of aromatic nitrogens is 3. The van der Waals surface area contributed by atoms with E-state index in [1.807, 2.05) is 0 Å². The number of fused-ring (bicyclic) bond motifs is 5. The highest BCUT2D eigenvalue weighted by atomic mass is 32.1. The normalized spacial score (nSPS) is 11.5. The summed E-state index contributed by atoms with van der Waals surface area (Å²) in [6.07, 6.45) is 0. The summed E-state index contributed by atoms with van der Waals surface area (Å²) in [7, 11) is 0. The molecule has 57 heavy (non-hydrogen) atoms. The number of thiophene rings is 1. The van der Waals surface area contributed by atoms with E-state index in [1.54, 1.807) is 11.3 Å². The Hall–Kier alpha value is -7.27. The first-order valence-electron chi connectivity index (χ1n) is 19.2. The van der Waals surface area contributed by atoms with Gasteiger partial charge in [-0.3, -0.25) is 0 Å². The summed E-state index contributed by atoms with van der Waals surface area (Å²) in [5.74, 6) is 1.92. The standard InChI is InChI=1S/C53H33N3S/c1-2-10-34(11-3-1)39-22-23-43-30-41(24-25-42(43)29-39)38-15-9-17-45(32-38)52-54-51(44-16-8-14-37(31-44)40-21-20-35-12-4-5-13-36(35)28-40)55-53(56-52)46-26-27-48-47-18-6-7-19-49(47)57-50(48)33-46/h1-33H. The Morgan fingerprint density at radius 2 is 0.667 bits per heavy atom. The summed E-state index contributed by atoms with van der Waals surface area (Å²) in [6.45, 7) is 0. The van der Waals surface area contributed by atoms with Gasteiger partial charge in [-0.1, -0.05) is 158 Å². The Balaban J connectivity index is 1.02. The quantitative estimate of drug-likeness (QED) is 0.170. The summed E-state index contributed by atoms with van der Waals surface area (Å²) >= 11 is 1.80. The van der Waals surface area contributed by atoms with Crippen molar-refractivity contribution >= 4 is 53.1 Å². The van der Waals surface area contributed by atoms with Gasteiger partial charge in [-0.15, -0.1) is 11.3 Å². The summed E-state index contributed by atoms with van der Waals surface area (Å²) in [5.41, 5.74) is 9.79. The van der Waals surface area contributed by atoms with E-state index < -0.39 is 0 Å². The van der Waals surface area contributed by atoms with E-state index >= 15 is 0 Å². The Kier molecular flexibility index (Phi) is 8.01. The zero-order valence-electron chi connectivity index (χ0n) is 30.8. The third kappa shape index (κ3) is 6.23. The Labute approximate surface area is 334 Å². The fraction of sp³-hybridized carbons (Fsp3) is 0. The highest BCUT2D eigenvalue weighted by molar-refractivity contribution is 7.25. The zero-order chi connectivity index (χ0) is 37.7. The maximum atomic E-state index is 5.18. The van der Waals surface area contributed by atoms with Crippen molar-refractivity contribution in [3.05, 3.63) is 200 Å². The molecule has 0 saturated heterocycles. The van der Waals surface area contributed by atoms with Crippen LogP contribution in [-0.4, -0.2) is 15.0 Å². The average Bonchev–Trinajstić information content (AvgIpc) is 3.67. The molecule has 0 fully saturated rings. The first kappa shape index (κ1) is 33.1. The van der Waals surface area contributed by atoms with Crippen LogP contribution in [-0.2, 0) is 0 Å². The minimum atomic E-state index is 0.637. The monoisotopic (exact) mass is 743 g/mol. The van der Waals surface area contributed by atoms with Crippen molar-refractivity contribution in [2.75, 3.05) is 0 Å².